The summed E-state index contributed by atoms with van der Waals surface area (Å²) >= 11 is 0. The van der Waals surface area contributed by atoms with E-state index in [1.807, 2.05) is 0 Å². The van der Waals surface area contributed by atoms with Crippen molar-refractivity contribution in [1.29, 1.82) is 0 Å². The van der Waals surface area contributed by atoms with E-state index in [0.29, 0.717) is 36.1 Å². The molecule has 0 saturated heterocycles. The summed E-state index contributed by atoms with van der Waals surface area (Å²) in [5, 5.41) is 2.88. The maximum Gasteiger partial charge on any atom is 0.251 e. The number of hydrogen-bond acceptors (Lipinski definition) is 3. The molecule has 0 bridgehead atoms. The maximum absolute atomic E-state index is 11.9. The van der Waals surface area contributed by atoms with Crippen molar-refractivity contribution in [2.45, 2.75) is 33.6 Å². The third-order valence-corrected chi connectivity index (χ3v) is 2.70. The van der Waals surface area contributed by atoms with E-state index < -0.39 is 0 Å². The molecule has 0 spiro atoms. The number of nitrogen functional groups attached to an aromatic ring is 1. The van der Waals surface area contributed by atoms with Crippen molar-refractivity contribution in [2.24, 2.45) is 5.92 Å². The summed E-state index contributed by atoms with van der Waals surface area (Å²) in [6.07, 6.45) is 2.04. The van der Waals surface area contributed by atoms with Crippen LogP contribution in [0.15, 0.2) is 18.2 Å². The molecule has 0 radical (unpaired) electrons. The van der Waals surface area contributed by atoms with Crippen molar-refractivity contribution in [3.63, 3.8) is 0 Å². The second-order valence-electron chi connectivity index (χ2n) is 5.06. The predicted molar refractivity (Wildman–Crippen MR) is 78.4 cm³/mol. The number of hydrogen-bond donors (Lipinski definition) is 2. The fraction of sp³-hybridized carbons (Fsp3) is 0.533. The van der Waals surface area contributed by atoms with Crippen LogP contribution in [0.4, 0.5) is 5.69 Å². The largest absolute Gasteiger partial charge is 0.491 e. The molecule has 19 heavy (non-hydrogen) atoms. The minimum absolute atomic E-state index is 0.0889. The molecule has 0 aliphatic carbocycles. The number of ether oxygens (including phenoxy) is 1. The van der Waals surface area contributed by atoms with Crippen molar-refractivity contribution in [3.8, 4) is 5.75 Å². The van der Waals surface area contributed by atoms with E-state index in [0.717, 1.165) is 12.8 Å². The Hall–Kier alpha value is -1.71. The molecule has 1 amide bonds. The fourth-order valence-corrected chi connectivity index (χ4v) is 1.53. The van der Waals surface area contributed by atoms with Crippen LogP contribution in [0, 0.1) is 5.92 Å². The molecule has 4 nitrogen and oxygen atoms in total. The molecule has 0 saturated carbocycles. The fourth-order valence-electron chi connectivity index (χ4n) is 1.53. The number of rotatable bonds is 7. The Morgan fingerprint density at radius 2 is 2.16 bits per heavy atom. The van der Waals surface area contributed by atoms with Gasteiger partial charge in [0.1, 0.15) is 5.75 Å². The van der Waals surface area contributed by atoms with Crippen LogP contribution in [0.1, 0.15) is 44.0 Å². The zero-order valence-electron chi connectivity index (χ0n) is 12.0. The molecule has 0 heterocycles. The Bertz CT molecular complexity index is 417. The third-order valence-electron chi connectivity index (χ3n) is 2.70. The van der Waals surface area contributed by atoms with Crippen LogP contribution in [0.25, 0.3) is 0 Å². The van der Waals surface area contributed by atoms with Gasteiger partial charge in [-0.3, -0.25) is 4.79 Å². The highest BCUT2D eigenvalue weighted by Gasteiger charge is 2.09. The summed E-state index contributed by atoms with van der Waals surface area (Å²) in [7, 11) is 0. The van der Waals surface area contributed by atoms with Crippen molar-refractivity contribution < 1.29 is 9.53 Å². The molecule has 3 N–H and O–H groups in total. The molecule has 1 aromatic carbocycles. The van der Waals surface area contributed by atoms with Gasteiger partial charge in [0.15, 0.2) is 0 Å². The van der Waals surface area contributed by atoms with Crippen LogP contribution in [0.3, 0.4) is 0 Å². The number of amides is 1. The summed E-state index contributed by atoms with van der Waals surface area (Å²) < 4.78 is 5.59. The molecule has 1 aromatic rings. The lowest BCUT2D eigenvalue weighted by molar-refractivity contribution is 0.0948. The van der Waals surface area contributed by atoms with Crippen molar-refractivity contribution in [1.82, 2.24) is 5.32 Å². The summed E-state index contributed by atoms with van der Waals surface area (Å²) in [5.41, 5.74) is 6.99. The van der Waals surface area contributed by atoms with Crippen LogP contribution >= 0.6 is 0 Å². The first kappa shape index (κ1) is 15.3. The summed E-state index contributed by atoms with van der Waals surface area (Å²) in [4.78, 5) is 11.9. The Balaban J connectivity index is 2.69. The lowest BCUT2D eigenvalue weighted by Crippen LogP contribution is -2.27. The zero-order chi connectivity index (χ0) is 14.3. The minimum Gasteiger partial charge on any atom is -0.491 e. The summed E-state index contributed by atoms with van der Waals surface area (Å²) in [6.45, 7) is 7.50. The van der Waals surface area contributed by atoms with Gasteiger partial charge < -0.3 is 15.8 Å². The lowest BCUT2D eigenvalue weighted by atomic mass is 10.1. The van der Waals surface area contributed by atoms with Gasteiger partial charge in [-0.25, -0.2) is 0 Å². The van der Waals surface area contributed by atoms with Gasteiger partial charge in [0.25, 0.3) is 5.91 Å². The minimum atomic E-state index is -0.0889. The van der Waals surface area contributed by atoms with Crippen molar-refractivity contribution >= 4 is 11.6 Å². The van der Waals surface area contributed by atoms with E-state index in [4.69, 9.17) is 10.5 Å². The number of carbonyl (C=O) groups is 1. The molecule has 0 aliphatic rings. The number of benzene rings is 1. The van der Waals surface area contributed by atoms with E-state index in [-0.39, 0.29) is 5.91 Å². The summed E-state index contributed by atoms with van der Waals surface area (Å²) in [5.74, 6) is 0.928. The molecule has 0 aromatic heterocycles. The van der Waals surface area contributed by atoms with Gasteiger partial charge in [0.2, 0.25) is 0 Å². The molecular weight excluding hydrogens is 240 g/mol. The van der Waals surface area contributed by atoms with E-state index in [2.05, 4.69) is 26.1 Å². The third kappa shape index (κ3) is 5.20. The Morgan fingerprint density at radius 3 is 2.79 bits per heavy atom. The highest BCUT2D eigenvalue weighted by atomic mass is 16.5. The number of nitrogens with two attached hydrogens (primary N) is 1. The molecule has 0 unspecified atom stereocenters. The van der Waals surface area contributed by atoms with Crippen LogP contribution in [0.2, 0.25) is 0 Å². The standard InChI is InChI=1S/C15H24N2O2/c1-4-5-8-19-14-9-12(6-7-13(14)16)15(18)17-10-11(2)3/h6-7,9,11H,4-5,8,10,16H2,1-3H3,(H,17,18). The predicted octanol–water partition coefficient (Wildman–Crippen LogP) is 2.83. The molecule has 0 atom stereocenters. The van der Waals surface area contributed by atoms with Gasteiger partial charge in [-0.15, -0.1) is 0 Å². The second-order valence-corrected chi connectivity index (χ2v) is 5.06. The lowest BCUT2D eigenvalue weighted by Gasteiger charge is -2.11. The van der Waals surface area contributed by atoms with Gasteiger partial charge in [0.05, 0.1) is 12.3 Å². The zero-order valence-corrected chi connectivity index (χ0v) is 12.0. The topological polar surface area (TPSA) is 64.3 Å². The van der Waals surface area contributed by atoms with Gasteiger partial charge >= 0.3 is 0 Å². The van der Waals surface area contributed by atoms with E-state index in [9.17, 15) is 4.79 Å². The quantitative estimate of drug-likeness (QED) is 0.588. The SMILES string of the molecule is CCCCOc1cc(C(=O)NCC(C)C)ccc1N. The Labute approximate surface area is 115 Å². The second kappa shape index (κ2) is 7.67. The van der Waals surface area contributed by atoms with E-state index in [1.54, 1.807) is 18.2 Å². The normalized spacial score (nSPS) is 10.5. The van der Waals surface area contributed by atoms with Gasteiger partial charge in [0, 0.05) is 12.1 Å². The summed E-state index contributed by atoms with van der Waals surface area (Å²) in [6, 6.07) is 5.14. The van der Waals surface area contributed by atoms with Gasteiger partial charge in [-0.1, -0.05) is 27.2 Å². The monoisotopic (exact) mass is 264 g/mol. The van der Waals surface area contributed by atoms with Crippen LogP contribution < -0.4 is 15.8 Å². The smallest absolute Gasteiger partial charge is 0.251 e. The van der Waals surface area contributed by atoms with Gasteiger partial charge in [-0.2, -0.15) is 0 Å². The van der Waals surface area contributed by atoms with E-state index >= 15 is 0 Å². The van der Waals surface area contributed by atoms with Crippen molar-refractivity contribution in [3.05, 3.63) is 23.8 Å². The van der Waals surface area contributed by atoms with Crippen LogP contribution in [-0.4, -0.2) is 19.1 Å². The van der Waals surface area contributed by atoms with Gasteiger partial charge in [-0.05, 0) is 30.5 Å². The van der Waals surface area contributed by atoms with Crippen LogP contribution in [0.5, 0.6) is 5.75 Å². The number of nitrogens with one attached hydrogen (secondary N) is 1. The molecule has 0 fully saturated rings. The molecular formula is C15H24N2O2. The van der Waals surface area contributed by atoms with E-state index in [1.165, 1.54) is 0 Å². The highest BCUT2D eigenvalue weighted by Crippen LogP contribution is 2.23. The average Bonchev–Trinajstić information content (AvgIpc) is 2.38. The van der Waals surface area contributed by atoms with Crippen LogP contribution in [-0.2, 0) is 0 Å². The first-order chi connectivity index (χ1) is 9.04. The Kier molecular flexibility index (Phi) is 6.19. The molecule has 4 heteroatoms. The molecule has 0 aliphatic heterocycles. The van der Waals surface area contributed by atoms with Crippen molar-refractivity contribution in [2.75, 3.05) is 18.9 Å². The first-order valence-electron chi connectivity index (χ1n) is 6.85. The average molecular weight is 264 g/mol. The first-order valence-corrected chi connectivity index (χ1v) is 6.85. The maximum atomic E-state index is 11.9. The molecule has 1 rings (SSSR count). The number of anilines is 1. The Morgan fingerprint density at radius 1 is 1.42 bits per heavy atom. The highest BCUT2D eigenvalue weighted by molar-refractivity contribution is 5.95. The number of carbonyl (C=O) groups excluding carboxylic acids is 1. The number of unbranched alkanes of at least 4 members (excludes halogenated alkanes) is 1. The molecule has 106 valence electrons.